The molecular weight excluding hydrogens is 328 g/mol. The SMILES string of the molecule is Cc1cn2ccc(C(=O)Nc3nc(-c4cccs4)cs3)cc2n1. The van der Waals surface area contributed by atoms with Crippen LogP contribution in [-0.2, 0) is 0 Å². The summed E-state index contributed by atoms with van der Waals surface area (Å²) in [6.45, 7) is 1.93. The monoisotopic (exact) mass is 340 g/mol. The Kier molecular flexibility index (Phi) is 3.44. The minimum Gasteiger partial charge on any atom is -0.307 e. The predicted octanol–water partition coefficient (Wildman–Crippen LogP) is 4.08. The largest absolute Gasteiger partial charge is 0.307 e. The average molecular weight is 340 g/mol. The van der Waals surface area contributed by atoms with Gasteiger partial charge in [0.1, 0.15) is 5.65 Å². The van der Waals surface area contributed by atoms with E-state index in [-0.39, 0.29) is 5.91 Å². The van der Waals surface area contributed by atoms with Crippen LogP contribution in [0, 0.1) is 6.92 Å². The van der Waals surface area contributed by atoms with Crippen molar-refractivity contribution in [1.82, 2.24) is 14.4 Å². The molecule has 1 amide bonds. The van der Waals surface area contributed by atoms with Crippen LogP contribution in [0.3, 0.4) is 0 Å². The average Bonchev–Trinajstić information content (AvgIpc) is 3.25. The van der Waals surface area contributed by atoms with Crippen molar-refractivity contribution in [1.29, 1.82) is 0 Å². The lowest BCUT2D eigenvalue weighted by Crippen LogP contribution is -2.12. The lowest BCUT2D eigenvalue weighted by molar-refractivity contribution is 0.102. The van der Waals surface area contributed by atoms with Gasteiger partial charge >= 0.3 is 0 Å². The van der Waals surface area contributed by atoms with Gasteiger partial charge in [-0.25, -0.2) is 9.97 Å². The van der Waals surface area contributed by atoms with Crippen molar-refractivity contribution in [2.24, 2.45) is 0 Å². The van der Waals surface area contributed by atoms with Crippen molar-refractivity contribution < 1.29 is 4.79 Å². The molecule has 0 aliphatic heterocycles. The maximum atomic E-state index is 12.4. The molecule has 7 heteroatoms. The fraction of sp³-hybridized carbons (Fsp3) is 0.0625. The number of carbonyl (C=O) groups is 1. The number of aryl methyl sites for hydroxylation is 1. The van der Waals surface area contributed by atoms with Gasteiger partial charge in [-0.2, -0.15) is 0 Å². The molecule has 4 aromatic heterocycles. The molecule has 0 aromatic carbocycles. The molecule has 4 rings (SSSR count). The minimum absolute atomic E-state index is 0.180. The van der Waals surface area contributed by atoms with Crippen molar-refractivity contribution in [3.05, 3.63) is 58.7 Å². The number of thiophene rings is 1. The first-order chi connectivity index (χ1) is 11.2. The number of amides is 1. The number of thiazole rings is 1. The summed E-state index contributed by atoms with van der Waals surface area (Å²) in [5.41, 5.74) is 3.13. The summed E-state index contributed by atoms with van der Waals surface area (Å²) in [5, 5.41) is 7.40. The van der Waals surface area contributed by atoms with Gasteiger partial charge in [0.05, 0.1) is 16.3 Å². The predicted molar refractivity (Wildman–Crippen MR) is 93.3 cm³/mol. The number of fused-ring (bicyclic) bond motifs is 1. The highest BCUT2D eigenvalue weighted by molar-refractivity contribution is 7.16. The maximum absolute atomic E-state index is 12.4. The van der Waals surface area contributed by atoms with Crippen LogP contribution < -0.4 is 5.32 Å². The van der Waals surface area contributed by atoms with Crippen molar-refractivity contribution >= 4 is 39.4 Å². The third-order valence-corrected chi connectivity index (χ3v) is 4.99. The van der Waals surface area contributed by atoms with Crippen molar-refractivity contribution in [2.75, 3.05) is 5.32 Å². The topological polar surface area (TPSA) is 59.3 Å². The molecule has 0 saturated heterocycles. The third-order valence-electron chi connectivity index (χ3n) is 3.34. The van der Waals surface area contributed by atoms with Crippen LogP contribution in [0.5, 0.6) is 0 Å². The molecule has 4 aromatic rings. The van der Waals surface area contributed by atoms with Gasteiger partial charge in [0.15, 0.2) is 5.13 Å². The Morgan fingerprint density at radius 1 is 1.26 bits per heavy atom. The summed E-state index contributed by atoms with van der Waals surface area (Å²) in [4.78, 5) is 22.3. The zero-order chi connectivity index (χ0) is 15.8. The van der Waals surface area contributed by atoms with Crippen LogP contribution in [0.2, 0.25) is 0 Å². The summed E-state index contributed by atoms with van der Waals surface area (Å²) < 4.78 is 1.89. The summed E-state index contributed by atoms with van der Waals surface area (Å²) in [6.07, 6.45) is 3.76. The number of nitrogens with zero attached hydrogens (tertiary/aromatic N) is 3. The summed E-state index contributed by atoms with van der Waals surface area (Å²) >= 11 is 3.05. The molecule has 4 heterocycles. The van der Waals surface area contributed by atoms with Crippen molar-refractivity contribution in [3.8, 4) is 10.6 Å². The number of hydrogen-bond donors (Lipinski definition) is 1. The summed E-state index contributed by atoms with van der Waals surface area (Å²) in [7, 11) is 0. The molecule has 5 nitrogen and oxygen atoms in total. The molecular formula is C16H12N4OS2. The fourth-order valence-electron chi connectivity index (χ4n) is 2.29. The van der Waals surface area contributed by atoms with Crippen LogP contribution >= 0.6 is 22.7 Å². The van der Waals surface area contributed by atoms with E-state index < -0.39 is 0 Å². The number of pyridine rings is 1. The lowest BCUT2D eigenvalue weighted by atomic mass is 10.2. The second kappa shape index (κ2) is 5.60. The Morgan fingerprint density at radius 2 is 2.17 bits per heavy atom. The third kappa shape index (κ3) is 2.76. The first-order valence-electron chi connectivity index (χ1n) is 6.95. The molecule has 0 bridgehead atoms. The number of rotatable bonds is 3. The zero-order valence-electron chi connectivity index (χ0n) is 12.2. The Balaban J connectivity index is 1.56. The standard InChI is InChI=1S/C16H12N4OS2/c1-10-8-20-5-4-11(7-14(20)17-10)15(21)19-16-18-12(9-23-16)13-3-2-6-22-13/h2-9H,1H3,(H,18,19,21). The zero-order valence-corrected chi connectivity index (χ0v) is 13.8. The van der Waals surface area contributed by atoms with Gasteiger partial charge in [-0.15, -0.1) is 22.7 Å². The van der Waals surface area contributed by atoms with Gasteiger partial charge in [0.2, 0.25) is 0 Å². The molecule has 0 aliphatic rings. The van der Waals surface area contributed by atoms with E-state index in [4.69, 9.17) is 0 Å². The van der Waals surface area contributed by atoms with Crippen LogP contribution in [-0.4, -0.2) is 20.3 Å². The minimum atomic E-state index is -0.180. The highest BCUT2D eigenvalue weighted by atomic mass is 32.1. The quantitative estimate of drug-likeness (QED) is 0.611. The highest BCUT2D eigenvalue weighted by Gasteiger charge is 2.11. The molecule has 0 aliphatic carbocycles. The molecule has 0 unspecified atom stereocenters. The Labute approximate surface area is 140 Å². The number of anilines is 1. The molecule has 114 valence electrons. The van der Waals surface area contributed by atoms with Gasteiger partial charge in [-0.05, 0) is 30.5 Å². The molecule has 0 fully saturated rings. The second-order valence-electron chi connectivity index (χ2n) is 5.03. The molecule has 0 spiro atoms. The van der Waals surface area contributed by atoms with Gasteiger partial charge in [-0.3, -0.25) is 10.1 Å². The van der Waals surface area contributed by atoms with Crippen LogP contribution in [0.25, 0.3) is 16.2 Å². The van der Waals surface area contributed by atoms with Crippen LogP contribution in [0.1, 0.15) is 16.1 Å². The maximum Gasteiger partial charge on any atom is 0.257 e. The van der Waals surface area contributed by atoms with E-state index in [2.05, 4.69) is 15.3 Å². The summed E-state index contributed by atoms with van der Waals surface area (Å²) in [5.74, 6) is -0.180. The van der Waals surface area contributed by atoms with Gasteiger partial charge in [0.25, 0.3) is 5.91 Å². The van der Waals surface area contributed by atoms with E-state index in [1.165, 1.54) is 11.3 Å². The number of imidazole rings is 1. The van der Waals surface area contributed by atoms with Crippen molar-refractivity contribution in [3.63, 3.8) is 0 Å². The van der Waals surface area contributed by atoms with E-state index in [0.717, 1.165) is 21.9 Å². The number of carbonyl (C=O) groups excluding carboxylic acids is 1. The smallest absolute Gasteiger partial charge is 0.257 e. The van der Waals surface area contributed by atoms with E-state index in [1.807, 2.05) is 46.6 Å². The Bertz CT molecular complexity index is 985. The number of hydrogen-bond acceptors (Lipinski definition) is 5. The number of nitrogens with one attached hydrogen (secondary N) is 1. The first-order valence-corrected chi connectivity index (χ1v) is 8.71. The second-order valence-corrected chi connectivity index (χ2v) is 6.84. The van der Waals surface area contributed by atoms with E-state index >= 15 is 0 Å². The molecule has 0 radical (unpaired) electrons. The van der Waals surface area contributed by atoms with E-state index in [9.17, 15) is 4.79 Å². The van der Waals surface area contributed by atoms with Crippen molar-refractivity contribution in [2.45, 2.75) is 6.92 Å². The molecule has 0 saturated carbocycles. The van der Waals surface area contributed by atoms with Gasteiger partial charge < -0.3 is 4.40 Å². The van der Waals surface area contributed by atoms with Gasteiger partial charge in [-0.1, -0.05) is 6.07 Å². The van der Waals surface area contributed by atoms with E-state index in [1.54, 1.807) is 23.5 Å². The Hall–Kier alpha value is -2.51. The normalized spacial score (nSPS) is 11.0. The first kappa shape index (κ1) is 14.1. The van der Waals surface area contributed by atoms with Crippen LogP contribution in [0.4, 0.5) is 5.13 Å². The summed E-state index contributed by atoms with van der Waals surface area (Å²) in [6, 6.07) is 7.55. The van der Waals surface area contributed by atoms with E-state index in [0.29, 0.717) is 10.7 Å². The van der Waals surface area contributed by atoms with Gasteiger partial charge in [0, 0.05) is 23.3 Å². The molecule has 0 atom stereocenters. The highest BCUT2D eigenvalue weighted by Crippen LogP contribution is 2.28. The molecule has 23 heavy (non-hydrogen) atoms. The fourth-order valence-corrected chi connectivity index (χ4v) is 3.75. The van der Waals surface area contributed by atoms with Crippen LogP contribution in [0.15, 0.2) is 47.4 Å². The Morgan fingerprint density at radius 3 is 3.00 bits per heavy atom. The lowest BCUT2D eigenvalue weighted by Gasteiger charge is -2.02. The number of aromatic nitrogens is 3. The molecule has 1 N–H and O–H groups in total.